The van der Waals surface area contributed by atoms with Crippen LogP contribution in [0.25, 0.3) is 0 Å². The first-order valence-corrected chi connectivity index (χ1v) is 6.17. The van der Waals surface area contributed by atoms with E-state index in [0.29, 0.717) is 6.42 Å². The van der Waals surface area contributed by atoms with Gasteiger partial charge in [-0.2, -0.15) is 0 Å². The van der Waals surface area contributed by atoms with E-state index in [1.54, 1.807) is 0 Å². The minimum absolute atomic E-state index is 0.0178. The van der Waals surface area contributed by atoms with Gasteiger partial charge in [0.2, 0.25) is 0 Å². The second-order valence-electron chi connectivity index (χ2n) is 5.92. The highest BCUT2D eigenvalue weighted by Crippen LogP contribution is 2.24. The van der Waals surface area contributed by atoms with E-state index in [2.05, 4.69) is 0 Å². The van der Waals surface area contributed by atoms with Crippen molar-refractivity contribution in [3.8, 4) is 0 Å². The molecule has 7 nitrogen and oxygen atoms in total. The third-order valence-electron chi connectivity index (χ3n) is 2.95. The molecule has 1 fully saturated rings. The minimum Gasteiger partial charge on any atom is -0.479 e. The molecule has 0 aromatic rings. The molecule has 112 valence electrons. The standard InChI is InChI=1S/C12H22O7/c1-12(2,3)4-5-18-11-8(15)6(13)7(14)9(19-11)10(16)17/h6-9,11,13-15H,4-5H2,1-3H3,(H,16,17). The predicted molar refractivity (Wildman–Crippen MR) is 64.3 cm³/mol. The van der Waals surface area contributed by atoms with Crippen LogP contribution in [0, 0.1) is 5.41 Å². The van der Waals surface area contributed by atoms with E-state index in [4.69, 9.17) is 14.6 Å². The van der Waals surface area contributed by atoms with Crippen LogP contribution in [0.15, 0.2) is 0 Å². The number of rotatable bonds is 4. The van der Waals surface area contributed by atoms with E-state index < -0.39 is 36.7 Å². The summed E-state index contributed by atoms with van der Waals surface area (Å²) in [5, 5.41) is 37.6. The van der Waals surface area contributed by atoms with Crippen molar-refractivity contribution in [2.24, 2.45) is 5.41 Å². The summed E-state index contributed by atoms with van der Waals surface area (Å²) in [7, 11) is 0. The molecule has 1 rings (SSSR count). The van der Waals surface area contributed by atoms with Crippen molar-refractivity contribution in [2.45, 2.75) is 57.9 Å². The quantitative estimate of drug-likeness (QED) is 0.539. The molecule has 7 heteroatoms. The van der Waals surface area contributed by atoms with E-state index in [-0.39, 0.29) is 12.0 Å². The first-order chi connectivity index (χ1) is 8.63. The van der Waals surface area contributed by atoms with Crippen LogP contribution in [0.4, 0.5) is 0 Å². The topological polar surface area (TPSA) is 116 Å². The number of hydrogen-bond donors (Lipinski definition) is 4. The van der Waals surface area contributed by atoms with Crippen LogP contribution in [-0.4, -0.2) is 63.7 Å². The Kier molecular flexibility index (Phi) is 5.28. The molecule has 1 saturated heterocycles. The van der Waals surface area contributed by atoms with Gasteiger partial charge in [-0.05, 0) is 11.8 Å². The van der Waals surface area contributed by atoms with E-state index in [9.17, 15) is 20.1 Å². The summed E-state index contributed by atoms with van der Waals surface area (Å²) in [6.07, 6.45) is -6.98. The molecule has 5 unspecified atom stereocenters. The Labute approximate surface area is 111 Å². The molecule has 19 heavy (non-hydrogen) atoms. The minimum atomic E-state index is -1.69. The molecule has 1 aliphatic rings. The Morgan fingerprint density at radius 1 is 1.16 bits per heavy atom. The first kappa shape index (κ1) is 16.3. The molecular formula is C12H22O7. The van der Waals surface area contributed by atoms with Gasteiger partial charge in [0.15, 0.2) is 12.4 Å². The number of aliphatic hydroxyl groups is 3. The number of aliphatic hydroxyl groups excluding tert-OH is 3. The van der Waals surface area contributed by atoms with Crippen LogP contribution >= 0.6 is 0 Å². The predicted octanol–water partition coefficient (Wildman–Crippen LogP) is -0.669. The molecule has 0 aromatic carbocycles. The number of ether oxygens (including phenoxy) is 2. The Morgan fingerprint density at radius 3 is 2.21 bits per heavy atom. The fourth-order valence-electron chi connectivity index (χ4n) is 1.67. The highest BCUT2D eigenvalue weighted by Gasteiger charge is 2.47. The summed E-state index contributed by atoms with van der Waals surface area (Å²) >= 11 is 0. The maximum atomic E-state index is 10.9. The first-order valence-electron chi connectivity index (χ1n) is 6.17. The molecule has 0 aliphatic carbocycles. The van der Waals surface area contributed by atoms with E-state index in [0.717, 1.165) is 0 Å². The maximum absolute atomic E-state index is 10.9. The van der Waals surface area contributed by atoms with Gasteiger partial charge in [0.1, 0.15) is 18.3 Å². The highest BCUT2D eigenvalue weighted by atomic mass is 16.7. The second kappa shape index (κ2) is 6.15. The van der Waals surface area contributed by atoms with Crippen LogP contribution in [0.1, 0.15) is 27.2 Å². The molecule has 0 saturated carbocycles. The lowest BCUT2D eigenvalue weighted by Crippen LogP contribution is -2.60. The molecule has 0 spiro atoms. The third-order valence-corrected chi connectivity index (χ3v) is 2.95. The Balaban J connectivity index is 2.59. The molecule has 0 aromatic heterocycles. The van der Waals surface area contributed by atoms with E-state index in [1.807, 2.05) is 20.8 Å². The van der Waals surface area contributed by atoms with Gasteiger partial charge in [-0.3, -0.25) is 0 Å². The van der Waals surface area contributed by atoms with Crippen molar-refractivity contribution in [1.82, 2.24) is 0 Å². The number of carbonyl (C=O) groups is 1. The fourth-order valence-corrected chi connectivity index (χ4v) is 1.67. The van der Waals surface area contributed by atoms with Gasteiger partial charge >= 0.3 is 5.97 Å². The van der Waals surface area contributed by atoms with Crippen LogP contribution in [-0.2, 0) is 14.3 Å². The van der Waals surface area contributed by atoms with Crippen molar-refractivity contribution < 1.29 is 34.7 Å². The number of carboxylic acid groups (broad SMARTS) is 1. The number of hydrogen-bond acceptors (Lipinski definition) is 6. The smallest absolute Gasteiger partial charge is 0.335 e. The molecular weight excluding hydrogens is 256 g/mol. The molecule has 1 aliphatic heterocycles. The van der Waals surface area contributed by atoms with Crippen LogP contribution < -0.4 is 0 Å². The summed E-state index contributed by atoms with van der Waals surface area (Å²) in [6.45, 7) is 6.27. The largest absolute Gasteiger partial charge is 0.479 e. The van der Waals surface area contributed by atoms with Crippen molar-refractivity contribution in [3.63, 3.8) is 0 Å². The molecule has 0 radical (unpaired) electrons. The van der Waals surface area contributed by atoms with Gasteiger partial charge in [0, 0.05) is 0 Å². The lowest BCUT2D eigenvalue weighted by molar-refractivity contribution is -0.294. The fraction of sp³-hybridized carbons (Fsp3) is 0.917. The summed E-state index contributed by atoms with van der Waals surface area (Å²) in [6, 6.07) is 0. The van der Waals surface area contributed by atoms with Gasteiger partial charge in [-0.15, -0.1) is 0 Å². The molecule has 0 bridgehead atoms. The van der Waals surface area contributed by atoms with Gasteiger partial charge < -0.3 is 29.9 Å². The Morgan fingerprint density at radius 2 is 1.74 bits per heavy atom. The maximum Gasteiger partial charge on any atom is 0.335 e. The van der Waals surface area contributed by atoms with Crippen molar-refractivity contribution in [2.75, 3.05) is 6.61 Å². The van der Waals surface area contributed by atoms with E-state index in [1.165, 1.54) is 0 Å². The zero-order chi connectivity index (χ0) is 14.8. The van der Waals surface area contributed by atoms with Crippen molar-refractivity contribution >= 4 is 5.97 Å². The zero-order valence-electron chi connectivity index (χ0n) is 11.3. The van der Waals surface area contributed by atoms with Crippen LogP contribution in [0.3, 0.4) is 0 Å². The summed E-state index contributed by atoms with van der Waals surface area (Å²) in [5.41, 5.74) is 0.0178. The molecule has 5 atom stereocenters. The molecule has 4 N–H and O–H groups in total. The Hall–Kier alpha value is -0.730. The zero-order valence-corrected chi connectivity index (χ0v) is 11.3. The number of aliphatic carboxylic acids is 1. The average Bonchev–Trinajstić information content (AvgIpc) is 2.27. The molecule has 1 heterocycles. The second-order valence-corrected chi connectivity index (χ2v) is 5.92. The summed E-state index contributed by atoms with van der Waals surface area (Å²) < 4.78 is 10.2. The summed E-state index contributed by atoms with van der Waals surface area (Å²) in [5.74, 6) is -1.41. The van der Waals surface area contributed by atoms with Gasteiger partial charge in [-0.25, -0.2) is 4.79 Å². The normalized spacial score (nSPS) is 36.2. The van der Waals surface area contributed by atoms with Crippen molar-refractivity contribution in [3.05, 3.63) is 0 Å². The van der Waals surface area contributed by atoms with Crippen LogP contribution in [0.2, 0.25) is 0 Å². The SMILES string of the molecule is CC(C)(C)CCOC1OC(C(=O)O)C(O)C(O)C1O. The highest BCUT2D eigenvalue weighted by molar-refractivity contribution is 5.73. The number of carboxylic acids is 1. The van der Waals surface area contributed by atoms with Crippen molar-refractivity contribution in [1.29, 1.82) is 0 Å². The monoisotopic (exact) mass is 278 g/mol. The lowest BCUT2D eigenvalue weighted by atomic mass is 9.93. The van der Waals surface area contributed by atoms with Crippen LogP contribution in [0.5, 0.6) is 0 Å². The third kappa shape index (κ3) is 4.39. The molecule has 0 amide bonds. The van der Waals surface area contributed by atoms with Gasteiger partial charge in [0.05, 0.1) is 6.61 Å². The Bertz CT molecular complexity index is 312. The lowest BCUT2D eigenvalue weighted by Gasteiger charge is -2.38. The average molecular weight is 278 g/mol. The summed E-state index contributed by atoms with van der Waals surface area (Å²) in [4.78, 5) is 10.9. The van der Waals surface area contributed by atoms with Gasteiger partial charge in [-0.1, -0.05) is 20.8 Å². The van der Waals surface area contributed by atoms with Gasteiger partial charge in [0.25, 0.3) is 0 Å². The van der Waals surface area contributed by atoms with E-state index >= 15 is 0 Å².